The summed E-state index contributed by atoms with van der Waals surface area (Å²) in [5.41, 5.74) is 0.878. The SMILES string of the molecule is COc1n[nH]c(NC(=O)CCc2ccccn2)n1. The maximum Gasteiger partial charge on any atom is 0.336 e. The molecule has 2 aromatic rings. The number of aromatic nitrogens is 4. The summed E-state index contributed by atoms with van der Waals surface area (Å²) in [4.78, 5) is 19.6. The molecule has 7 nitrogen and oxygen atoms in total. The molecule has 0 bridgehead atoms. The average Bonchev–Trinajstić information content (AvgIpc) is 2.85. The van der Waals surface area contributed by atoms with E-state index in [9.17, 15) is 4.79 Å². The summed E-state index contributed by atoms with van der Waals surface area (Å²) in [6, 6.07) is 5.80. The number of anilines is 1. The number of aryl methyl sites for hydroxylation is 1. The lowest BCUT2D eigenvalue weighted by molar-refractivity contribution is -0.116. The number of methoxy groups -OCH3 is 1. The highest BCUT2D eigenvalue weighted by atomic mass is 16.5. The zero-order chi connectivity index (χ0) is 12.8. The van der Waals surface area contributed by atoms with Gasteiger partial charge >= 0.3 is 6.01 Å². The van der Waals surface area contributed by atoms with Gasteiger partial charge in [-0.15, -0.1) is 5.10 Å². The van der Waals surface area contributed by atoms with E-state index in [1.165, 1.54) is 7.11 Å². The minimum Gasteiger partial charge on any atom is -0.466 e. The number of carbonyl (C=O) groups is 1. The molecule has 2 aromatic heterocycles. The fourth-order valence-corrected chi connectivity index (χ4v) is 1.38. The molecule has 0 saturated carbocycles. The highest BCUT2D eigenvalue weighted by Crippen LogP contribution is 2.05. The van der Waals surface area contributed by atoms with Crippen LogP contribution in [-0.4, -0.2) is 33.2 Å². The normalized spacial score (nSPS) is 10.1. The monoisotopic (exact) mass is 247 g/mol. The van der Waals surface area contributed by atoms with Crippen molar-refractivity contribution in [3.8, 4) is 6.01 Å². The zero-order valence-electron chi connectivity index (χ0n) is 9.88. The summed E-state index contributed by atoms with van der Waals surface area (Å²) < 4.78 is 4.79. The molecular formula is C11H13N5O2. The molecule has 0 aromatic carbocycles. The summed E-state index contributed by atoms with van der Waals surface area (Å²) in [7, 11) is 1.45. The number of pyridine rings is 1. The van der Waals surface area contributed by atoms with Gasteiger partial charge in [-0.1, -0.05) is 6.07 Å². The maximum atomic E-state index is 11.6. The largest absolute Gasteiger partial charge is 0.466 e. The number of amides is 1. The van der Waals surface area contributed by atoms with E-state index in [0.717, 1.165) is 5.69 Å². The van der Waals surface area contributed by atoms with Crippen LogP contribution in [0, 0.1) is 0 Å². The summed E-state index contributed by atoms with van der Waals surface area (Å²) in [5.74, 6) is 0.123. The lowest BCUT2D eigenvalue weighted by Gasteiger charge is -2.00. The third kappa shape index (κ3) is 3.27. The van der Waals surface area contributed by atoms with E-state index in [4.69, 9.17) is 4.74 Å². The van der Waals surface area contributed by atoms with Crippen LogP contribution in [0.4, 0.5) is 5.95 Å². The summed E-state index contributed by atoms with van der Waals surface area (Å²) >= 11 is 0. The molecule has 2 rings (SSSR count). The second-order valence-electron chi connectivity index (χ2n) is 3.54. The first-order valence-electron chi connectivity index (χ1n) is 5.44. The zero-order valence-corrected chi connectivity index (χ0v) is 9.88. The van der Waals surface area contributed by atoms with Crippen LogP contribution >= 0.6 is 0 Å². The molecule has 0 radical (unpaired) electrons. The second-order valence-corrected chi connectivity index (χ2v) is 3.54. The van der Waals surface area contributed by atoms with Gasteiger partial charge in [-0.3, -0.25) is 15.1 Å². The number of H-pyrrole nitrogens is 1. The average molecular weight is 247 g/mol. The topological polar surface area (TPSA) is 92.8 Å². The van der Waals surface area contributed by atoms with E-state index in [2.05, 4.69) is 25.5 Å². The Bertz CT molecular complexity index is 511. The molecule has 1 amide bonds. The van der Waals surface area contributed by atoms with Crippen LogP contribution in [-0.2, 0) is 11.2 Å². The Hall–Kier alpha value is -2.44. The van der Waals surface area contributed by atoms with E-state index in [1.54, 1.807) is 6.20 Å². The number of carbonyl (C=O) groups excluding carboxylic acids is 1. The molecule has 0 unspecified atom stereocenters. The molecule has 94 valence electrons. The lowest BCUT2D eigenvalue weighted by atomic mass is 10.2. The fourth-order valence-electron chi connectivity index (χ4n) is 1.38. The molecule has 0 aliphatic heterocycles. The fraction of sp³-hybridized carbons (Fsp3) is 0.273. The van der Waals surface area contributed by atoms with Gasteiger partial charge < -0.3 is 4.74 Å². The number of hydrogen-bond donors (Lipinski definition) is 2. The predicted octanol–water partition coefficient (Wildman–Crippen LogP) is 0.780. The lowest BCUT2D eigenvalue weighted by Crippen LogP contribution is -2.13. The third-order valence-electron chi connectivity index (χ3n) is 2.24. The van der Waals surface area contributed by atoms with Crippen molar-refractivity contribution in [2.45, 2.75) is 12.8 Å². The molecule has 0 aliphatic carbocycles. The first kappa shape index (κ1) is 12.0. The quantitative estimate of drug-likeness (QED) is 0.814. The van der Waals surface area contributed by atoms with E-state index in [-0.39, 0.29) is 17.9 Å². The first-order valence-corrected chi connectivity index (χ1v) is 5.44. The van der Waals surface area contributed by atoms with Gasteiger partial charge in [0.15, 0.2) is 0 Å². The van der Waals surface area contributed by atoms with Crippen LogP contribution in [0.5, 0.6) is 6.01 Å². The van der Waals surface area contributed by atoms with Gasteiger partial charge in [-0.2, -0.15) is 4.98 Å². The van der Waals surface area contributed by atoms with Gasteiger partial charge in [0.05, 0.1) is 7.11 Å². The van der Waals surface area contributed by atoms with Crippen molar-refractivity contribution in [2.75, 3.05) is 12.4 Å². The van der Waals surface area contributed by atoms with E-state index in [0.29, 0.717) is 12.8 Å². The van der Waals surface area contributed by atoms with Crippen molar-refractivity contribution in [3.05, 3.63) is 30.1 Å². The van der Waals surface area contributed by atoms with Crippen molar-refractivity contribution in [1.29, 1.82) is 0 Å². The highest BCUT2D eigenvalue weighted by Gasteiger charge is 2.07. The van der Waals surface area contributed by atoms with Crippen LogP contribution in [0.1, 0.15) is 12.1 Å². The second kappa shape index (κ2) is 5.76. The number of ether oxygens (including phenoxy) is 1. The first-order chi connectivity index (χ1) is 8.78. The highest BCUT2D eigenvalue weighted by molar-refractivity contribution is 5.88. The molecule has 7 heteroatoms. The molecule has 0 aliphatic rings. The third-order valence-corrected chi connectivity index (χ3v) is 2.24. The van der Waals surface area contributed by atoms with Crippen LogP contribution in [0.2, 0.25) is 0 Å². The minimum absolute atomic E-state index is 0.153. The minimum atomic E-state index is -0.153. The Morgan fingerprint density at radius 2 is 2.39 bits per heavy atom. The molecular weight excluding hydrogens is 234 g/mol. The smallest absolute Gasteiger partial charge is 0.336 e. The molecule has 2 heterocycles. The van der Waals surface area contributed by atoms with Crippen LogP contribution in [0.15, 0.2) is 24.4 Å². The predicted molar refractivity (Wildman–Crippen MR) is 64.1 cm³/mol. The van der Waals surface area contributed by atoms with Crippen molar-refractivity contribution in [3.63, 3.8) is 0 Å². The Kier molecular flexibility index (Phi) is 3.85. The van der Waals surface area contributed by atoms with Crippen LogP contribution < -0.4 is 10.1 Å². The van der Waals surface area contributed by atoms with E-state index < -0.39 is 0 Å². The van der Waals surface area contributed by atoms with Gasteiger partial charge in [-0.25, -0.2) is 5.10 Å². The number of nitrogens with zero attached hydrogens (tertiary/aromatic N) is 3. The van der Waals surface area contributed by atoms with Crippen LogP contribution in [0.25, 0.3) is 0 Å². The Morgan fingerprint density at radius 3 is 3.06 bits per heavy atom. The van der Waals surface area contributed by atoms with Gasteiger partial charge in [0, 0.05) is 18.3 Å². The van der Waals surface area contributed by atoms with Crippen molar-refractivity contribution in [1.82, 2.24) is 20.2 Å². The molecule has 0 fully saturated rings. The number of hydrogen-bond acceptors (Lipinski definition) is 5. The van der Waals surface area contributed by atoms with Crippen molar-refractivity contribution < 1.29 is 9.53 Å². The molecule has 0 spiro atoms. The number of nitrogens with one attached hydrogen (secondary N) is 2. The van der Waals surface area contributed by atoms with E-state index >= 15 is 0 Å². The number of aromatic amines is 1. The Labute approximate surface area is 104 Å². The Balaban J connectivity index is 1.82. The summed E-state index contributed by atoms with van der Waals surface area (Å²) in [5, 5.41) is 8.86. The molecule has 2 N–H and O–H groups in total. The summed E-state index contributed by atoms with van der Waals surface area (Å²) in [6.07, 6.45) is 2.62. The van der Waals surface area contributed by atoms with Gasteiger partial charge in [0.25, 0.3) is 0 Å². The maximum absolute atomic E-state index is 11.6. The van der Waals surface area contributed by atoms with Crippen molar-refractivity contribution in [2.24, 2.45) is 0 Å². The standard InChI is InChI=1S/C11H13N5O2/c1-18-11-14-10(15-16-11)13-9(17)6-5-8-4-2-3-7-12-8/h2-4,7H,5-6H2,1H3,(H2,13,14,15,16,17). The summed E-state index contributed by atoms with van der Waals surface area (Å²) in [6.45, 7) is 0. The van der Waals surface area contributed by atoms with Crippen molar-refractivity contribution >= 4 is 11.9 Å². The Morgan fingerprint density at radius 1 is 1.50 bits per heavy atom. The van der Waals surface area contributed by atoms with E-state index in [1.807, 2.05) is 18.2 Å². The number of rotatable bonds is 5. The van der Waals surface area contributed by atoms with Gasteiger partial charge in [0.2, 0.25) is 11.9 Å². The molecule has 0 atom stereocenters. The van der Waals surface area contributed by atoms with Crippen LogP contribution in [0.3, 0.4) is 0 Å². The van der Waals surface area contributed by atoms with Gasteiger partial charge in [0.1, 0.15) is 0 Å². The molecule has 0 saturated heterocycles. The van der Waals surface area contributed by atoms with Gasteiger partial charge in [-0.05, 0) is 18.6 Å². The molecule has 18 heavy (non-hydrogen) atoms.